The highest BCUT2D eigenvalue weighted by Gasteiger charge is 1.88. The van der Waals surface area contributed by atoms with E-state index in [-0.39, 0.29) is 0 Å². The molecule has 0 radical (unpaired) electrons. The van der Waals surface area contributed by atoms with Crippen LogP contribution in [0, 0.1) is 0 Å². The minimum Gasteiger partial charge on any atom is -0.369 e. The largest absolute Gasteiger partial charge is 0.369 e. The molecule has 0 amide bonds. The molecular weight excluding hydrogens is 162 g/mol. The number of aliphatic imine (C=N–C) groups is 1. The lowest BCUT2D eigenvalue weighted by atomic mass is 10.4. The van der Waals surface area contributed by atoms with Crippen LogP contribution in [0.15, 0.2) is 41.8 Å². The second-order valence-corrected chi connectivity index (χ2v) is 2.87. The van der Waals surface area contributed by atoms with Crippen molar-refractivity contribution in [1.29, 1.82) is 0 Å². The van der Waals surface area contributed by atoms with E-state index in [1.165, 1.54) is 0 Å². The van der Waals surface area contributed by atoms with E-state index in [9.17, 15) is 0 Å². The monoisotopic (exact) mass is 179 g/mol. The fourth-order valence-electron chi connectivity index (χ4n) is 0.663. The van der Waals surface area contributed by atoms with Crippen molar-refractivity contribution < 1.29 is 0 Å². The third-order valence-corrected chi connectivity index (χ3v) is 1.15. The number of nitrogens with zero attached hydrogens (tertiary/aromatic N) is 2. The Kier molecular flexibility index (Phi) is 5.35. The maximum atomic E-state index is 4.07. The van der Waals surface area contributed by atoms with Crippen molar-refractivity contribution in [3.05, 3.63) is 36.8 Å². The molecule has 3 heteroatoms. The summed E-state index contributed by atoms with van der Waals surface area (Å²) in [5.41, 5.74) is 0.968. The molecule has 72 valence electrons. The first-order valence-electron chi connectivity index (χ1n) is 4.02. The Morgan fingerprint density at radius 3 is 2.54 bits per heavy atom. The second kappa shape index (κ2) is 6.06. The van der Waals surface area contributed by atoms with Crippen LogP contribution in [0.25, 0.3) is 0 Å². The van der Waals surface area contributed by atoms with E-state index in [2.05, 4.69) is 23.5 Å². The summed E-state index contributed by atoms with van der Waals surface area (Å²) >= 11 is 0. The molecule has 0 bridgehead atoms. The molecular formula is C10H17N3. The lowest BCUT2D eigenvalue weighted by Gasteiger charge is -2.06. The standard InChI is InChI=1S/C10H17N3/c1-6-7-9(2)12-10(3)11-8-13(4)5/h6-8,12H,1,3H2,2,4-5H3/b9-7+,11-8?. The second-order valence-electron chi connectivity index (χ2n) is 2.87. The number of hydrogen-bond acceptors (Lipinski definition) is 2. The van der Waals surface area contributed by atoms with Crippen LogP contribution in [0.4, 0.5) is 0 Å². The van der Waals surface area contributed by atoms with Crippen molar-refractivity contribution in [3.63, 3.8) is 0 Å². The van der Waals surface area contributed by atoms with Gasteiger partial charge in [-0.1, -0.05) is 19.2 Å². The summed E-state index contributed by atoms with van der Waals surface area (Å²) in [6.07, 6.45) is 5.26. The van der Waals surface area contributed by atoms with E-state index < -0.39 is 0 Å². The predicted molar refractivity (Wildman–Crippen MR) is 58.4 cm³/mol. The maximum Gasteiger partial charge on any atom is 0.124 e. The normalized spacial score (nSPS) is 11.5. The smallest absolute Gasteiger partial charge is 0.124 e. The van der Waals surface area contributed by atoms with Crippen molar-refractivity contribution in [3.8, 4) is 0 Å². The molecule has 0 aromatic carbocycles. The van der Waals surface area contributed by atoms with Gasteiger partial charge in [-0.2, -0.15) is 0 Å². The molecule has 0 aromatic rings. The van der Waals surface area contributed by atoms with E-state index in [4.69, 9.17) is 0 Å². The Hall–Kier alpha value is -1.51. The van der Waals surface area contributed by atoms with Gasteiger partial charge in [-0.3, -0.25) is 0 Å². The topological polar surface area (TPSA) is 27.6 Å². The zero-order valence-electron chi connectivity index (χ0n) is 8.54. The summed E-state index contributed by atoms with van der Waals surface area (Å²) < 4.78 is 0. The Balaban J connectivity index is 4.02. The molecule has 0 rings (SSSR count). The van der Waals surface area contributed by atoms with Crippen molar-refractivity contribution in [1.82, 2.24) is 10.2 Å². The molecule has 1 N–H and O–H groups in total. The van der Waals surface area contributed by atoms with Gasteiger partial charge in [0.1, 0.15) is 5.82 Å². The average molecular weight is 179 g/mol. The summed E-state index contributed by atoms with van der Waals surface area (Å²) in [6.45, 7) is 9.26. The summed E-state index contributed by atoms with van der Waals surface area (Å²) in [4.78, 5) is 5.91. The van der Waals surface area contributed by atoms with Gasteiger partial charge in [-0.05, 0) is 13.0 Å². The summed E-state index contributed by atoms with van der Waals surface area (Å²) in [5.74, 6) is 0.615. The predicted octanol–water partition coefficient (Wildman–Crippen LogP) is 1.73. The van der Waals surface area contributed by atoms with Gasteiger partial charge in [-0.15, -0.1) is 0 Å². The van der Waals surface area contributed by atoms with E-state index in [1.54, 1.807) is 12.4 Å². The van der Waals surface area contributed by atoms with Gasteiger partial charge in [0.2, 0.25) is 0 Å². The molecule has 3 nitrogen and oxygen atoms in total. The van der Waals surface area contributed by atoms with Gasteiger partial charge < -0.3 is 10.2 Å². The number of allylic oxidation sites excluding steroid dienone is 3. The SMILES string of the molecule is C=C/C=C(\C)NC(=C)N=CN(C)C. The Morgan fingerprint density at radius 2 is 2.08 bits per heavy atom. The van der Waals surface area contributed by atoms with Gasteiger partial charge in [0.15, 0.2) is 0 Å². The van der Waals surface area contributed by atoms with Crippen LogP contribution in [-0.2, 0) is 0 Å². The minimum atomic E-state index is 0.615. The fourth-order valence-corrected chi connectivity index (χ4v) is 0.663. The first-order chi connectivity index (χ1) is 6.06. The highest BCUT2D eigenvalue weighted by Crippen LogP contribution is 1.93. The summed E-state index contributed by atoms with van der Waals surface area (Å²) in [7, 11) is 3.81. The van der Waals surface area contributed by atoms with E-state index >= 15 is 0 Å². The fraction of sp³-hybridized carbons (Fsp3) is 0.300. The van der Waals surface area contributed by atoms with Crippen LogP contribution >= 0.6 is 0 Å². The molecule has 0 unspecified atom stereocenters. The first-order valence-corrected chi connectivity index (χ1v) is 4.02. The molecule has 0 aromatic heterocycles. The molecule has 0 spiro atoms. The number of hydrogen-bond donors (Lipinski definition) is 1. The Labute approximate surface area is 80.2 Å². The highest BCUT2D eigenvalue weighted by molar-refractivity contribution is 5.55. The van der Waals surface area contributed by atoms with Gasteiger partial charge in [-0.25, -0.2) is 4.99 Å². The van der Waals surface area contributed by atoms with Crippen LogP contribution in [0.1, 0.15) is 6.92 Å². The van der Waals surface area contributed by atoms with Crippen LogP contribution < -0.4 is 5.32 Å². The Bertz CT molecular complexity index is 237. The zero-order valence-corrected chi connectivity index (χ0v) is 8.54. The molecule has 0 aliphatic heterocycles. The van der Waals surface area contributed by atoms with Crippen molar-refractivity contribution >= 4 is 6.34 Å². The third kappa shape index (κ3) is 6.87. The van der Waals surface area contributed by atoms with E-state index in [0.717, 1.165) is 5.70 Å². The van der Waals surface area contributed by atoms with Crippen LogP contribution in [-0.4, -0.2) is 25.3 Å². The number of rotatable bonds is 5. The van der Waals surface area contributed by atoms with Crippen LogP contribution in [0.5, 0.6) is 0 Å². The molecule has 0 saturated carbocycles. The van der Waals surface area contributed by atoms with Crippen molar-refractivity contribution in [2.75, 3.05) is 14.1 Å². The minimum absolute atomic E-state index is 0.615. The van der Waals surface area contributed by atoms with Crippen molar-refractivity contribution in [2.24, 2.45) is 4.99 Å². The first kappa shape index (κ1) is 11.5. The van der Waals surface area contributed by atoms with Gasteiger partial charge in [0, 0.05) is 19.8 Å². The van der Waals surface area contributed by atoms with Crippen molar-refractivity contribution in [2.45, 2.75) is 6.92 Å². The van der Waals surface area contributed by atoms with E-state index in [1.807, 2.05) is 32.0 Å². The molecule has 13 heavy (non-hydrogen) atoms. The maximum absolute atomic E-state index is 4.07. The summed E-state index contributed by atoms with van der Waals surface area (Å²) in [5, 5.41) is 3.01. The molecule has 0 atom stereocenters. The average Bonchev–Trinajstić information content (AvgIpc) is 2.01. The highest BCUT2D eigenvalue weighted by atomic mass is 15.1. The summed E-state index contributed by atoms with van der Waals surface area (Å²) in [6, 6.07) is 0. The third-order valence-electron chi connectivity index (χ3n) is 1.15. The zero-order chi connectivity index (χ0) is 10.3. The van der Waals surface area contributed by atoms with Crippen LogP contribution in [0.3, 0.4) is 0 Å². The van der Waals surface area contributed by atoms with Crippen LogP contribution in [0.2, 0.25) is 0 Å². The molecule has 0 fully saturated rings. The quantitative estimate of drug-likeness (QED) is 0.395. The number of nitrogens with one attached hydrogen (secondary N) is 1. The molecule has 0 saturated heterocycles. The van der Waals surface area contributed by atoms with Gasteiger partial charge in [0.05, 0.1) is 6.34 Å². The Morgan fingerprint density at radius 1 is 1.46 bits per heavy atom. The lowest BCUT2D eigenvalue weighted by Crippen LogP contribution is -2.12. The van der Waals surface area contributed by atoms with Gasteiger partial charge >= 0.3 is 0 Å². The molecule has 0 aliphatic carbocycles. The van der Waals surface area contributed by atoms with Gasteiger partial charge in [0.25, 0.3) is 0 Å². The molecule has 0 heterocycles. The van der Waals surface area contributed by atoms with E-state index in [0.29, 0.717) is 5.82 Å². The lowest BCUT2D eigenvalue weighted by molar-refractivity contribution is 0.640. The molecule has 0 aliphatic rings.